The Balaban J connectivity index is 1.36. The fraction of sp³-hybridized carbons (Fsp3) is 0.368. The van der Waals surface area contributed by atoms with Gasteiger partial charge in [-0.05, 0) is 36.4 Å². The number of alkyl halides is 3. The minimum Gasteiger partial charge on any atom is -0.352 e. The van der Waals surface area contributed by atoms with Crippen LogP contribution < -0.4 is 10.2 Å². The maximum atomic E-state index is 12.6. The van der Waals surface area contributed by atoms with Gasteiger partial charge in [0.2, 0.25) is 0 Å². The van der Waals surface area contributed by atoms with Crippen molar-refractivity contribution < 1.29 is 18.0 Å². The van der Waals surface area contributed by atoms with Crippen LogP contribution in [0.2, 0.25) is 0 Å². The fourth-order valence-electron chi connectivity index (χ4n) is 3.30. The summed E-state index contributed by atoms with van der Waals surface area (Å²) in [6, 6.07) is 7.79. The summed E-state index contributed by atoms with van der Waals surface area (Å²) in [6.45, 7) is 4.09. The van der Waals surface area contributed by atoms with E-state index in [0.717, 1.165) is 30.2 Å². The number of rotatable bonds is 3. The third-order valence-electron chi connectivity index (χ3n) is 4.98. The molecule has 4 rings (SSSR count). The molecule has 0 atom stereocenters. The lowest BCUT2D eigenvalue weighted by Crippen LogP contribution is -2.50. The van der Waals surface area contributed by atoms with Gasteiger partial charge in [0.15, 0.2) is 11.5 Å². The molecule has 1 aliphatic rings. The summed E-state index contributed by atoms with van der Waals surface area (Å²) in [4.78, 5) is 16.2. The summed E-state index contributed by atoms with van der Waals surface area (Å²) in [6.07, 6.45) is -3.68. The topological polar surface area (TPSA) is 78.7 Å². The fourth-order valence-corrected chi connectivity index (χ4v) is 3.30. The number of nitrogens with one attached hydrogen (secondary N) is 1. The van der Waals surface area contributed by atoms with Gasteiger partial charge < -0.3 is 15.1 Å². The van der Waals surface area contributed by atoms with E-state index in [-0.39, 0.29) is 6.03 Å². The standard InChI is InChI=1S/C19H20F3N7O/c1-2-15-24-25-16-7-8-17(26-29(15)16)27-9-11-28(12-10-27)18(30)23-14-5-3-13(4-6-14)19(20,21)22/h3-8H,2,9-12H2,1H3,(H,23,30). The number of fused-ring (bicyclic) bond motifs is 1. The first-order valence-electron chi connectivity index (χ1n) is 9.54. The van der Waals surface area contributed by atoms with Gasteiger partial charge >= 0.3 is 12.2 Å². The third-order valence-corrected chi connectivity index (χ3v) is 4.98. The molecule has 1 aliphatic heterocycles. The first-order chi connectivity index (χ1) is 14.3. The molecule has 158 valence electrons. The maximum absolute atomic E-state index is 12.6. The van der Waals surface area contributed by atoms with Gasteiger partial charge in [0, 0.05) is 38.3 Å². The van der Waals surface area contributed by atoms with Crippen LogP contribution >= 0.6 is 0 Å². The van der Waals surface area contributed by atoms with Crippen molar-refractivity contribution in [1.29, 1.82) is 0 Å². The van der Waals surface area contributed by atoms with Crippen molar-refractivity contribution in [2.75, 3.05) is 36.4 Å². The first-order valence-corrected chi connectivity index (χ1v) is 9.54. The van der Waals surface area contributed by atoms with E-state index >= 15 is 0 Å². The Morgan fingerprint density at radius 3 is 2.37 bits per heavy atom. The number of piperazine rings is 1. The molecule has 2 amide bonds. The highest BCUT2D eigenvalue weighted by Crippen LogP contribution is 2.29. The predicted octanol–water partition coefficient (Wildman–Crippen LogP) is 3.06. The molecule has 1 fully saturated rings. The van der Waals surface area contributed by atoms with E-state index in [9.17, 15) is 18.0 Å². The van der Waals surface area contributed by atoms with Gasteiger partial charge in [-0.15, -0.1) is 15.3 Å². The highest BCUT2D eigenvalue weighted by molar-refractivity contribution is 5.89. The molecule has 1 saturated heterocycles. The lowest BCUT2D eigenvalue weighted by atomic mass is 10.2. The quantitative estimate of drug-likeness (QED) is 0.706. The third kappa shape index (κ3) is 4.00. The van der Waals surface area contributed by atoms with Crippen LogP contribution in [0.3, 0.4) is 0 Å². The van der Waals surface area contributed by atoms with Crippen molar-refractivity contribution in [2.45, 2.75) is 19.5 Å². The van der Waals surface area contributed by atoms with E-state index in [0.29, 0.717) is 37.5 Å². The Morgan fingerprint density at radius 2 is 1.73 bits per heavy atom. The van der Waals surface area contributed by atoms with Crippen LogP contribution in [0.15, 0.2) is 36.4 Å². The van der Waals surface area contributed by atoms with Gasteiger partial charge in [-0.2, -0.15) is 17.7 Å². The van der Waals surface area contributed by atoms with Gasteiger partial charge in [-0.25, -0.2) is 4.79 Å². The minimum absolute atomic E-state index is 0.322. The van der Waals surface area contributed by atoms with Gasteiger partial charge in [0.1, 0.15) is 5.82 Å². The van der Waals surface area contributed by atoms with E-state index in [4.69, 9.17) is 0 Å². The molecular formula is C19H20F3N7O. The summed E-state index contributed by atoms with van der Waals surface area (Å²) < 4.78 is 39.7. The first kappa shape index (κ1) is 19.9. The van der Waals surface area contributed by atoms with Crippen LogP contribution in [0.1, 0.15) is 18.3 Å². The number of amides is 2. The molecule has 3 heterocycles. The zero-order valence-electron chi connectivity index (χ0n) is 16.2. The second-order valence-electron chi connectivity index (χ2n) is 6.91. The van der Waals surface area contributed by atoms with Crippen LogP contribution in [0, 0.1) is 0 Å². The molecule has 1 N–H and O–H groups in total. The van der Waals surface area contributed by atoms with Gasteiger partial charge in [0.05, 0.1) is 5.56 Å². The number of nitrogens with zero attached hydrogens (tertiary/aromatic N) is 6. The molecule has 0 spiro atoms. The van der Waals surface area contributed by atoms with E-state index < -0.39 is 11.7 Å². The number of carbonyl (C=O) groups excluding carboxylic acids is 1. The molecule has 3 aromatic rings. The molecule has 8 nitrogen and oxygen atoms in total. The molecule has 0 unspecified atom stereocenters. The molecular weight excluding hydrogens is 399 g/mol. The number of hydrogen-bond acceptors (Lipinski definition) is 5. The van der Waals surface area contributed by atoms with Crippen molar-refractivity contribution in [3.8, 4) is 0 Å². The van der Waals surface area contributed by atoms with Crippen molar-refractivity contribution in [2.24, 2.45) is 0 Å². The summed E-state index contributed by atoms with van der Waals surface area (Å²) in [5.74, 6) is 1.56. The number of aromatic nitrogens is 4. The minimum atomic E-state index is -4.40. The number of benzene rings is 1. The lowest BCUT2D eigenvalue weighted by Gasteiger charge is -2.35. The van der Waals surface area contributed by atoms with E-state index in [1.54, 1.807) is 9.42 Å². The van der Waals surface area contributed by atoms with Crippen molar-refractivity contribution in [3.05, 3.63) is 47.8 Å². The summed E-state index contributed by atoms with van der Waals surface area (Å²) in [7, 11) is 0. The Kier molecular flexibility index (Phi) is 5.18. The summed E-state index contributed by atoms with van der Waals surface area (Å²) >= 11 is 0. The van der Waals surface area contributed by atoms with Crippen molar-refractivity contribution in [3.63, 3.8) is 0 Å². The monoisotopic (exact) mass is 419 g/mol. The van der Waals surface area contributed by atoms with Crippen LogP contribution in [-0.4, -0.2) is 56.9 Å². The van der Waals surface area contributed by atoms with E-state index in [2.05, 4.69) is 25.5 Å². The van der Waals surface area contributed by atoms with E-state index in [1.165, 1.54) is 12.1 Å². The molecule has 0 saturated carbocycles. The highest BCUT2D eigenvalue weighted by atomic mass is 19.4. The summed E-state index contributed by atoms with van der Waals surface area (Å²) in [5, 5.41) is 15.4. The molecule has 30 heavy (non-hydrogen) atoms. The van der Waals surface area contributed by atoms with Crippen LogP contribution in [-0.2, 0) is 12.6 Å². The Labute approximate surface area is 170 Å². The van der Waals surface area contributed by atoms with Crippen LogP contribution in [0.5, 0.6) is 0 Å². The van der Waals surface area contributed by atoms with Crippen molar-refractivity contribution >= 4 is 23.2 Å². The largest absolute Gasteiger partial charge is 0.416 e. The Hall–Kier alpha value is -3.37. The zero-order chi connectivity index (χ0) is 21.3. The molecule has 0 aliphatic carbocycles. The van der Waals surface area contributed by atoms with Gasteiger partial charge in [-0.3, -0.25) is 0 Å². The Morgan fingerprint density at radius 1 is 1.03 bits per heavy atom. The van der Waals surface area contributed by atoms with Crippen LogP contribution in [0.25, 0.3) is 5.65 Å². The normalized spacial score (nSPS) is 14.9. The smallest absolute Gasteiger partial charge is 0.352 e. The molecule has 11 heteroatoms. The zero-order valence-corrected chi connectivity index (χ0v) is 16.2. The second kappa shape index (κ2) is 7.81. The number of anilines is 2. The number of hydrogen-bond donors (Lipinski definition) is 1. The molecule has 1 aromatic carbocycles. The van der Waals surface area contributed by atoms with Gasteiger partial charge in [0.25, 0.3) is 0 Å². The molecule has 0 bridgehead atoms. The number of carbonyl (C=O) groups is 1. The highest BCUT2D eigenvalue weighted by Gasteiger charge is 2.30. The summed E-state index contributed by atoms with van der Waals surface area (Å²) in [5.41, 5.74) is 0.255. The lowest BCUT2D eigenvalue weighted by molar-refractivity contribution is -0.137. The average Bonchev–Trinajstić information content (AvgIpc) is 3.16. The maximum Gasteiger partial charge on any atom is 0.416 e. The number of halogens is 3. The van der Waals surface area contributed by atoms with Gasteiger partial charge in [-0.1, -0.05) is 6.92 Å². The SMILES string of the molecule is CCc1nnc2ccc(N3CCN(C(=O)Nc4ccc(C(F)(F)F)cc4)CC3)nn12. The molecule has 0 radical (unpaired) electrons. The molecule has 2 aromatic heterocycles. The number of aryl methyl sites for hydroxylation is 1. The Bertz CT molecular complexity index is 1040. The predicted molar refractivity (Wildman–Crippen MR) is 104 cm³/mol. The number of urea groups is 1. The van der Waals surface area contributed by atoms with Crippen LogP contribution in [0.4, 0.5) is 29.5 Å². The van der Waals surface area contributed by atoms with E-state index in [1.807, 2.05) is 19.1 Å². The average molecular weight is 419 g/mol. The van der Waals surface area contributed by atoms with Crippen molar-refractivity contribution in [1.82, 2.24) is 24.7 Å². The second-order valence-corrected chi connectivity index (χ2v) is 6.91.